The number of aryl methyl sites for hydroxylation is 2. The Hall–Kier alpha value is -0.780. The van der Waals surface area contributed by atoms with E-state index in [0.717, 1.165) is 5.92 Å². The van der Waals surface area contributed by atoms with Crippen molar-refractivity contribution in [1.29, 1.82) is 0 Å². The lowest BCUT2D eigenvalue weighted by atomic mass is 9.98. The van der Waals surface area contributed by atoms with Crippen LogP contribution in [0, 0.1) is 6.92 Å². The topological polar surface area (TPSA) is 0 Å². The van der Waals surface area contributed by atoms with Crippen LogP contribution in [0.2, 0.25) is 0 Å². The molecule has 13 heavy (non-hydrogen) atoms. The summed E-state index contributed by atoms with van der Waals surface area (Å²) < 4.78 is 0. The molecule has 0 nitrogen and oxygen atoms in total. The molecule has 0 heteroatoms. The van der Waals surface area contributed by atoms with E-state index in [0.29, 0.717) is 0 Å². The van der Waals surface area contributed by atoms with Crippen molar-refractivity contribution in [3.8, 4) is 0 Å². The van der Waals surface area contributed by atoms with Gasteiger partial charge in [-0.05, 0) is 42.4 Å². The second-order valence-electron chi connectivity index (χ2n) is 3.59. The van der Waals surface area contributed by atoms with Gasteiger partial charge in [0.15, 0.2) is 0 Å². The zero-order valence-corrected chi connectivity index (χ0v) is 9.22. The van der Waals surface area contributed by atoms with E-state index < -0.39 is 0 Å². The standard InChI is InChI=1S/C11H14.C2H6/c1-8-4-3-5-10-7-6-9(2)11(8)10;1-2/h3-5,9H,6-7H2,1-2H3;1-2H3. The van der Waals surface area contributed by atoms with Gasteiger partial charge in [-0.2, -0.15) is 0 Å². The summed E-state index contributed by atoms with van der Waals surface area (Å²) in [6.45, 7) is 8.56. The predicted octanol–water partition coefficient (Wildman–Crippen LogP) is 4.07. The van der Waals surface area contributed by atoms with Gasteiger partial charge in [0.2, 0.25) is 0 Å². The molecule has 1 aromatic carbocycles. The maximum Gasteiger partial charge on any atom is -0.0182 e. The van der Waals surface area contributed by atoms with Gasteiger partial charge in [0, 0.05) is 0 Å². The summed E-state index contributed by atoms with van der Waals surface area (Å²) in [5, 5.41) is 0. The van der Waals surface area contributed by atoms with Crippen LogP contribution in [0.15, 0.2) is 18.2 Å². The Balaban J connectivity index is 0.000000396. The van der Waals surface area contributed by atoms with Crippen molar-refractivity contribution in [2.75, 3.05) is 0 Å². The summed E-state index contributed by atoms with van der Waals surface area (Å²) >= 11 is 0. The Bertz CT molecular complexity index is 273. The molecule has 0 spiro atoms. The maximum absolute atomic E-state index is 2.33. The fraction of sp³-hybridized carbons (Fsp3) is 0.538. The van der Waals surface area contributed by atoms with Crippen LogP contribution >= 0.6 is 0 Å². The molecule has 0 aromatic heterocycles. The summed E-state index contributed by atoms with van der Waals surface area (Å²) in [6, 6.07) is 6.67. The van der Waals surface area contributed by atoms with Gasteiger partial charge in [-0.3, -0.25) is 0 Å². The summed E-state index contributed by atoms with van der Waals surface area (Å²) in [5.41, 5.74) is 4.68. The second-order valence-corrected chi connectivity index (χ2v) is 3.59. The third-order valence-electron chi connectivity index (χ3n) is 2.75. The van der Waals surface area contributed by atoms with Crippen LogP contribution in [0.25, 0.3) is 0 Å². The highest BCUT2D eigenvalue weighted by Crippen LogP contribution is 2.34. The smallest absolute Gasteiger partial charge is 0.0182 e. The molecule has 1 aromatic rings. The fourth-order valence-corrected chi connectivity index (χ4v) is 2.18. The van der Waals surface area contributed by atoms with Gasteiger partial charge in [-0.25, -0.2) is 0 Å². The third-order valence-corrected chi connectivity index (χ3v) is 2.75. The number of rotatable bonds is 0. The number of fused-ring (bicyclic) bond motifs is 1. The van der Waals surface area contributed by atoms with Crippen LogP contribution in [0.4, 0.5) is 0 Å². The quantitative estimate of drug-likeness (QED) is 0.559. The summed E-state index contributed by atoms with van der Waals surface area (Å²) in [7, 11) is 0. The molecular formula is C13H20. The van der Waals surface area contributed by atoms with Crippen molar-refractivity contribution in [3.63, 3.8) is 0 Å². The van der Waals surface area contributed by atoms with E-state index >= 15 is 0 Å². The lowest BCUT2D eigenvalue weighted by molar-refractivity contribution is 0.744. The van der Waals surface area contributed by atoms with Crippen LogP contribution in [-0.4, -0.2) is 0 Å². The van der Waals surface area contributed by atoms with Gasteiger partial charge in [0.25, 0.3) is 0 Å². The first kappa shape index (κ1) is 10.3. The van der Waals surface area contributed by atoms with Crippen LogP contribution < -0.4 is 0 Å². The third kappa shape index (κ3) is 1.93. The molecule has 0 fully saturated rings. The average Bonchev–Trinajstić information content (AvgIpc) is 2.53. The molecule has 72 valence electrons. The highest BCUT2D eigenvalue weighted by atomic mass is 14.2. The molecule has 1 aliphatic rings. The molecular weight excluding hydrogens is 156 g/mol. The van der Waals surface area contributed by atoms with Gasteiger partial charge in [0.1, 0.15) is 0 Å². The van der Waals surface area contributed by atoms with Gasteiger partial charge in [-0.15, -0.1) is 0 Å². The Morgan fingerprint density at radius 2 is 1.92 bits per heavy atom. The van der Waals surface area contributed by atoms with Crippen LogP contribution in [0.3, 0.4) is 0 Å². The molecule has 1 aliphatic carbocycles. The normalized spacial score (nSPS) is 18.9. The lowest BCUT2D eigenvalue weighted by Gasteiger charge is -2.07. The Kier molecular flexibility index (Phi) is 3.53. The first-order valence-corrected chi connectivity index (χ1v) is 5.37. The van der Waals surface area contributed by atoms with Crippen LogP contribution in [0.5, 0.6) is 0 Å². The number of hydrogen-bond donors (Lipinski definition) is 0. The number of hydrogen-bond acceptors (Lipinski definition) is 0. The van der Waals surface area contributed by atoms with Crippen LogP contribution in [0.1, 0.15) is 49.8 Å². The van der Waals surface area contributed by atoms with E-state index in [9.17, 15) is 0 Å². The highest BCUT2D eigenvalue weighted by Gasteiger charge is 2.19. The first-order chi connectivity index (χ1) is 6.29. The molecule has 0 N–H and O–H groups in total. The first-order valence-electron chi connectivity index (χ1n) is 5.37. The van der Waals surface area contributed by atoms with Gasteiger partial charge < -0.3 is 0 Å². The zero-order valence-electron chi connectivity index (χ0n) is 9.22. The van der Waals surface area contributed by atoms with E-state index in [1.165, 1.54) is 18.4 Å². The van der Waals surface area contributed by atoms with E-state index in [1.54, 1.807) is 11.1 Å². The Labute approximate surface area is 82.0 Å². The minimum Gasteiger partial charge on any atom is -0.0683 e. The van der Waals surface area contributed by atoms with Gasteiger partial charge in [-0.1, -0.05) is 39.0 Å². The van der Waals surface area contributed by atoms with E-state index in [1.807, 2.05) is 13.8 Å². The van der Waals surface area contributed by atoms with Crippen molar-refractivity contribution in [3.05, 3.63) is 34.9 Å². The highest BCUT2D eigenvalue weighted by molar-refractivity contribution is 5.40. The number of benzene rings is 1. The SMILES string of the molecule is CC.Cc1cccc2c1C(C)CC2. The van der Waals surface area contributed by atoms with E-state index in [2.05, 4.69) is 32.0 Å². The molecule has 0 saturated carbocycles. The summed E-state index contributed by atoms with van der Waals surface area (Å²) in [6.07, 6.45) is 2.64. The fourth-order valence-electron chi connectivity index (χ4n) is 2.18. The van der Waals surface area contributed by atoms with E-state index in [-0.39, 0.29) is 0 Å². The molecule has 0 saturated heterocycles. The molecule has 1 unspecified atom stereocenters. The lowest BCUT2D eigenvalue weighted by Crippen LogP contribution is -1.89. The zero-order chi connectivity index (χ0) is 9.84. The summed E-state index contributed by atoms with van der Waals surface area (Å²) in [4.78, 5) is 0. The molecule has 2 rings (SSSR count). The second kappa shape index (κ2) is 4.45. The van der Waals surface area contributed by atoms with Crippen molar-refractivity contribution < 1.29 is 0 Å². The van der Waals surface area contributed by atoms with Crippen molar-refractivity contribution in [2.45, 2.75) is 46.5 Å². The van der Waals surface area contributed by atoms with Crippen molar-refractivity contribution in [2.24, 2.45) is 0 Å². The molecule has 0 heterocycles. The maximum atomic E-state index is 2.33. The molecule has 1 atom stereocenters. The van der Waals surface area contributed by atoms with Gasteiger partial charge >= 0.3 is 0 Å². The monoisotopic (exact) mass is 176 g/mol. The molecule has 0 aliphatic heterocycles. The molecule has 0 radical (unpaired) electrons. The molecule has 0 bridgehead atoms. The Morgan fingerprint density at radius 1 is 1.23 bits per heavy atom. The predicted molar refractivity (Wildman–Crippen MR) is 59.3 cm³/mol. The summed E-state index contributed by atoms with van der Waals surface area (Å²) in [5.74, 6) is 0.797. The average molecular weight is 176 g/mol. The van der Waals surface area contributed by atoms with Crippen LogP contribution in [-0.2, 0) is 6.42 Å². The minimum absolute atomic E-state index is 0.797. The van der Waals surface area contributed by atoms with Gasteiger partial charge in [0.05, 0.1) is 0 Å². The Morgan fingerprint density at radius 3 is 2.54 bits per heavy atom. The van der Waals surface area contributed by atoms with Crippen molar-refractivity contribution >= 4 is 0 Å². The van der Waals surface area contributed by atoms with E-state index in [4.69, 9.17) is 0 Å². The van der Waals surface area contributed by atoms with Crippen molar-refractivity contribution in [1.82, 2.24) is 0 Å². The largest absolute Gasteiger partial charge is 0.0683 e. The molecule has 0 amide bonds. The minimum atomic E-state index is 0.797.